The molecular formula is C8H15NO6S2. The van der Waals surface area contributed by atoms with E-state index in [9.17, 15) is 21.6 Å². The van der Waals surface area contributed by atoms with Crippen molar-refractivity contribution < 1.29 is 26.7 Å². The number of hydrogen-bond donors (Lipinski definition) is 2. The number of hydrogen-bond acceptors (Lipinski definition) is 5. The summed E-state index contributed by atoms with van der Waals surface area (Å²) < 4.78 is 47.9. The first-order valence-electron chi connectivity index (χ1n) is 5.12. The summed E-state index contributed by atoms with van der Waals surface area (Å²) in [6.45, 7) is 1.53. The molecule has 0 bridgehead atoms. The molecule has 100 valence electrons. The van der Waals surface area contributed by atoms with E-state index in [-0.39, 0.29) is 18.6 Å². The van der Waals surface area contributed by atoms with E-state index in [0.717, 1.165) is 0 Å². The first kappa shape index (κ1) is 14.4. The molecular weight excluding hydrogens is 270 g/mol. The van der Waals surface area contributed by atoms with Crippen molar-refractivity contribution in [3.8, 4) is 0 Å². The number of sulfonamides is 1. The molecule has 1 aliphatic rings. The normalized spacial score (nSPS) is 25.6. The van der Waals surface area contributed by atoms with Gasteiger partial charge < -0.3 is 5.11 Å². The van der Waals surface area contributed by atoms with Crippen LogP contribution in [0.15, 0.2) is 0 Å². The molecule has 0 spiro atoms. The summed E-state index contributed by atoms with van der Waals surface area (Å²) in [5.74, 6) is -1.86. The van der Waals surface area contributed by atoms with Gasteiger partial charge in [-0.3, -0.25) is 4.79 Å². The molecule has 1 unspecified atom stereocenters. The van der Waals surface area contributed by atoms with Gasteiger partial charge in [0.2, 0.25) is 10.0 Å². The van der Waals surface area contributed by atoms with E-state index in [1.54, 1.807) is 0 Å². The number of carbonyl (C=O) groups is 1. The van der Waals surface area contributed by atoms with Gasteiger partial charge in [0, 0.05) is 0 Å². The van der Waals surface area contributed by atoms with Crippen molar-refractivity contribution in [2.75, 3.05) is 11.5 Å². The second kappa shape index (κ2) is 4.91. The molecule has 2 atom stereocenters. The summed E-state index contributed by atoms with van der Waals surface area (Å²) in [5.41, 5.74) is 0. The maximum atomic E-state index is 11.8. The molecule has 9 heteroatoms. The predicted molar refractivity (Wildman–Crippen MR) is 60.8 cm³/mol. The average Bonchev–Trinajstić information content (AvgIpc) is 2.55. The predicted octanol–water partition coefficient (Wildman–Crippen LogP) is -1.04. The van der Waals surface area contributed by atoms with Gasteiger partial charge in [0.15, 0.2) is 9.84 Å². The number of nitrogens with one attached hydrogen (secondary N) is 1. The van der Waals surface area contributed by atoms with Gasteiger partial charge in [-0.15, -0.1) is 0 Å². The van der Waals surface area contributed by atoms with Crippen molar-refractivity contribution in [3.05, 3.63) is 0 Å². The van der Waals surface area contributed by atoms with Crippen LogP contribution in [0.25, 0.3) is 0 Å². The van der Waals surface area contributed by atoms with Crippen molar-refractivity contribution in [3.63, 3.8) is 0 Å². The number of carboxylic acids is 1. The molecule has 0 aromatic rings. The fraction of sp³-hybridized carbons (Fsp3) is 0.875. The Hall–Kier alpha value is -0.670. The molecule has 1 aliphatic heterocycles. The van der Waals surface area contributed by atoms with Crippen molar-refractivity contribution >= 4 is 25.8 Å². The van der Waals surface area contributed by atoms with Crippen molar-refractivity contribution in [2.45, 2.75) is 31.1 Å². The summed E-state index contributed by atoms with van der Waals surface area (Å²) in [6.07, 6.45) is 0.127. The van der Waals surface area contributed by atoms with Crippen LogP contribution < -0.4 is 4.72 Å². The second-order valence-corrected chi connectivity index (χ2v) is 8.21. The van der Waals surface area contributed by atoms with Gasteiger partial charge in [0.25, 0.3) is 0 Å². The zero-order valence-electron chi connectivity index (χ0n) is 9.29. The summed E-state index contributed by atoms with van der Waals surface area (Å²) >= 11 is 0. The van der Waals surface area contributed by atoms with Crippen LogP contribution in [0.2, 0.25) is 0 Å². The number of carboxylic acid groups (broad SMARTS) is 1. The maximum absolute atomic E-state index is 11.8. The van der Waals surface area contributed by atoms with Gasteiger partial charge in [-0.2, -0.15) is 0 Å². The topological polar surface area (TPSA) is 118 Å². The molecule has 17 heavy (non-hydrogen) atoms. The van der Waals surface area contributed by atoms with Crippen LogP contribution in [0.4, 0.5) is 0 Å². The number of aliphatic carboxylic acids is 1. The average molecular weight is 285 g/mol. The van der Waals surface area contributed by atoms with E-state index in [1.807, 2.05) is 4.72 Å². The standard InChI is InChI=1S/C8H15NO6S2/c1-2-7(8(10)11)9-17(14,15)6-3-4-16(12,13)5-6/h6-7,9H,2-5H2,1H3,(H,10,11)/t6?,7-/m1/s1. The fourth-order valence-electron chi connectivity index (χ4n) is 1.61. The molecule has 1 rings (SSSR count). The highest BCUT2D eigenvalue weighted by Gasteiger charge is 2.38. The molecule has 0 saturated carbocycles. The van der Waals surface area contributed by atoms with Gasteiger partial charge in [0.05, 0.1) is 16.8 Å². The minimum absolute atomic E-state index is 0.0215. The fourth-order valence-corrected chi connectivity index (χ4v) is 5.92. The highest BCUT2D eigenvalue weighted by Crippen LogP contribution is 2.18. The van der Waals surface area contributed by atoms with Crippen molar-refractivity contribution in [2.24, 2.45) is 0 Å². The Kier molecular flexibility index (Phi) is 4.15. The Morgan fingerprint density at radius 1 is 1.53 bits per heavy atom. The molecule has 1 saturated heterocycles. The first-order chi connectivity index (χ1) is 7.68. The molecule has 7 nitrogen and oxygen atoms in total. The smallest absolute Gasteiger partial charge is 0.321 e. The number of sulfone groups is 1. The number of rotatable bonds is 5. The van der Waals surface area contributed by atoms with Crippen LogP contribution in [0.1, 0.15) is 19.8 Å². The van der Waals surface area contributed by atoms with E-state index in [2.05, 4.69) is 0 Å². The van der Waals surface area contributed by atoms with Crippen molar-refractivity contribution in [1.29, 1.82) is 0 Å². The third-order valence-corrected chi connectivity index (χ3v) is 6.51. The molecule has 0 amide bonds. The van der Waals surface area contributed by atoms with E-state index in [1.165, 1.54) is 6.92 Å². The van der Waals surface area contributed by atoms with Crippen LogP contribution >= 0.6 is 0 Å². The Morgan fingerprint density at radius 2 is 2.12 bits per heavy atom. The van der Waals surface area contributed by atoms with E-state index < -0.39 is 42.9 Å². The molecule has 2 N–H and O–H groups in total. The summed E-state index contributed by atoms with van der Waals surface area (Å²) in [6, 6.07) is -1.21. The van der Waals surface area contributed by atoms with Crippen LogP contribution in [0.3, 0.4) is 0 Å². The minimum Gasteiger partial charge on any atom is -0.480 e. The van der Waals surface area contributed by atoms with E-state index in [0.29, 0.717) is 0 Å². The Labute approximate surface area is 100 Å². The summed E-state index contributed by atoms with van der Waals surface area (Å²) in [4.78, 5) is 10.7. The Balaban J connectivity index is 2.80. The van der Waals surface area contributed by atoms with Gasteiger partial charge in [-0.05, 0) is 12.8 Å². The molecule has 1 heterocycles. The third-order valence-electron chi connectivity index (χ3n) is 2.64. The van der Waals surface area contributed by atoms with E-state index >= 15 is 0 Å². The minimum atomic E-state index is -3.90. The second-order valence-electron chi connectivity index (χ2n) is 3.99. The lowest BCUT2D eigenvalue weighted by Gasteiger charge is -2.15. The van der Waals surface area contributed by atoms with Gasteiger partial charge in [-0.1, -0.05) is 6.92 Å². The van der Waals surface area contributed by atoms with Crippen molar-refractivity contribution in [1.82, 2.24) is 4.72 Å². The monoisotopic (exact) mass is 285 g/mol. The van der Waals surface area contributed by atoms with Gasteiger partial charge in [-0.25, -0.2) is 21.6 Å². The molecule has 1 fully saturated rings. The largest absolute Gasteiger partial charge is 0.480 e. The lowest BCUT2D eigenvalue weighted by molar-refractivity contribution is -0.139. The highest BCUT2D eigenvalue weighted by molar-refractivity contribution is 7.95. The zero-order chi connectivity index (χ0) is 13.3. The lowest BCUT2D eigenvalue weighted by atomic mass is 10.2. The molecule has 0 aromatic heterocycles. The summed E-state index contributed by atoms with van der Waals surface area (Å²) in [5, 5.41) is 7.70. The van der Waals surface area contributed by atoms with Gasteiger partial charge >= 0.3 is 5.97 Å². The van der Waals surface area contributed by atoms with Crippen LogP contribution in [-0.4, -0.2) is 50.7 Å². The van der Waals surface area contributed by atoms with Crippen LogP contribution in [-0.2, 0) is 24.7 Å². The Bertz CT molecular complexity index is 494. The third kappa shape index (κ3) is 3.65. The zero-order valence-corrected chi connectivity index (χ0v) is 10.9. The molecule has 0 aliphatic carbocycles. The van der Waals surface area contributed by atoms with Crippen LogP contribution in [0, 0.1) is 0 Å². The van der Waals surface area contributed by atoms with Gasteiger partial charge in [0.1, 0.15) is 6.04 Å². The van der Waals surface area contributed by atoms with Crippen LogP contribution in [0.5, 0.6) is 0 Å². The quantitative estimate of drug-likeness (QED) is 0.666. The molecule has 0 radical (unpaired) electrons. The first-order valence-corrected chi connectivity index (χ1v) is 8.49. The lowest BCUT2D eigenvalue weighted by Crippen LogP contribution is -2.45. The Morgan fingerprint density at radius 3 is 2.47 bits per heavy atom. The van der Waals surface area contributed by atoms with E-state index in [4.69, 9.17) is 5.11 Å². The highest BCUT2D eigenvalue weighted by atomic mass is 32.2. The summed E-state index contributed by atoms with van der Waals surface area (Å²) in [7, 11) is -7.21. The molecule has 0 aromatic carbocycles. The SMILES string of the molecule is CC[C@@H](NS(=O)(=O)C1CCS(=O)(=O)C1)C(=O)O. The maximum Gasteiger partial charge on any atom is 0.321 e.